The maximum atomic E-state index is 12.5. The molecule has 0 aliphatic heterocycles. The molecular weight excluding hydrogens is 266 g/mol. The first-order chi connectivity index (χ1) is 6.86. The van der Waals surface area contributed by atoms with Gasteiger partial charge in [-0.3, -0.25) is 0 Å². The second-order valence-corrected chi connectivity index (χ2v) is 3.45. The van der Waals surface area contributed by atoms with Crippen LogP contribution in [-0.2, 0) is 6.18 Å². The van der Waals surface area contributed by atoms with Crippen molar-refractivity contribution >= 4 is 24.0 Å². The fraction of sp³-hybridized carbons (Fsp3) is 0.333. The lowest BCUT2D eigenvalue weighted by atomic mass is 10.0. The number of halogens is 5. The molecule has 0 unspecified atom stereocenters. The minimum atomic E-state index is -4.52. The highest BCUT2D eigenvalue weighted by Crippen LogP contribution is 2.35. The smallest absolute Gasteiger partial charge is 0.394 e. The molecule has 7 heteroatoms. The Kier molecular flexibility index (Phi) is 5.55. The highest BCUT2D eigenvalue weighted by atomic mass is 35.5. The van der Waals surface area contributed by atoms with Crippen LogP contribution in [0.15, 0.2) is 18.2 Å². The van der Waals surface area contributed by atoms with Gasteiger partial charge in [-0.05, 0) is 17.7 Å². The number of alkyl halides is 3. The second kappa shape index (κ2) is 5.72. The summed E-state index contributed by atoms with van der Waals surface area (Å²) in [5.41, 5.74) is 4.28. The molecule has 1 rings (SSSR count). The fourth-order valence-corrected chi connectivity index (χ4v) is 1.37. The molecule has 0 saturated carbocycles. The number of hydrogen-bond donors (Lipinski definition) is 2. The molecule has 0 amide bonds. The molecule has 0 aliphatic rings. The van der Waals surface area contributed by atoms with Crippen LogP contribution in [0.4, 0.5) is 13.2 Å². The maximum Gasteiger partial charge on any atom is 0.416 e. The molecule has 0 heterocycles. The zero-order valence-corrected chi connectivity index (χ0v) is 9.53. The molecule has 1 aromatic rings. The standard InChI is InChI=1S/C9H9ClF3NO.ClH/c10-5-1-2-6(8(14)4-15)7(3-5)9(11,12)13;/h1-3,8,15H,4,14H2;1H/t8-;/m1./s1. The van der Waals surface area contributed by atoms with Crippen LogP contribution in [0.5, 0.6) is 0 Å². The highest BCUT2D eigenvalue weighted by Gasteiger charge is 2.34. The number of nitrogens with two attached hydrogens (primary N) is 1. The Balaban J connectivity index is 0.00000225. The zero-order valence-electron chi connectivity index (χ0n) is 7.96. The van der Waals surface area contributed by atoms with Crippen molar-refractivity contribution < 1.29 is 18.3 Å². The van der Waals surface area contributed by atoms with E-state index in [1.807, 2.05) is 0 Å². The molecule has 0 spiro atoms. The van der Waals surface area contributed by atoms with E-state index in [-0.39, 0.29) is 23.0 Å². The van der Waals surface area contributed by atoms with E-state index in [0.717, 1.165) is 6.07 Å². The molecule has 92 valence electrons. The van der Waals surface area contributed by atoms with Crippen molar-refractivity contribution in [3.63, 3.8) is 0 Å². The van der Waals surface area contributed by atoms with Gasteiger partial charge >= 0.3 is 6.18 Å². The fourth-order valence-electron chi connectivity index (χ4n) is 1.20. The lowest BCUT2D eigenvalue weighted by Crippen LogP contribution is -2.20. The Morgan fingerprint density at radius 1 is 1.38 bits per heavy atom. The molecule has 0 fully saturated rings. The van der Waals surface area contributed by atoms with Gasteiger partial charge < -0.3 is 10.8 Å². The van der Waals surface area contributed by atoms with Gasteiger partial charge in [-0.25, -0.2) is 0 Å². The van der Waals surface area contributed by atoms with Gasteiger partial charge in [-0.2, -0.15) is 13.2 Å². The average Bonchev–Trinajstić information content (AvgIpc) is 2.15. The van der Waals surface area contributed by atoms with Crippen molar-refractivity contribution in [2.75, 3.05) is 6.61 Å². The van der Waals surface area contributed by atoms with Gasteiger partial charge in [0.15, 0.2) is 0 Å². The average molecular weight is 276 g/mol. The lowest BCUT2D eigenvalue weighted by molar-refractivity contribution is -0.138. The molecule has 2 nitrogen and oxygen atoms in total. The second-order valence-electron chi connectivity index (χ2n) is 3.02. The number of aliphatic hydroxyl groups is 1. The van der Waals surface area contributed by atoms with E-state index in [1.54, 1.807) is 0 Å². The van der Waals surface area contributed by atoms with Gasteiger partial charge in [-0.15, -0.1) is 12.4 Å². The van der Waals surface area contributed by atoms with Crippen molar-refractivity contribution in [1.82, 2.24) is 0 Å². The zero-order chi connectivity index (χ0) is 11.6. The molecule has 1 aromatic carbocycles. The molecule has 0 aromatic heterocycles. The number of hydrogen-bond acceptors (Lipinski definition) is 2. The predicted molar refractivity (Wildman–Crippen MR) is 57.7 cm³/mol. The van der Waals surface area contributed by atoms with Crippen molar-refractivity contribution in [1.29, 1.82) is 0 Å². The van der Waals surface area contributed by atoms with Gasteiger partial charge in [0.2, 0.25) is 0 Å². The minimum Gasteiger partial charge on any atom is -0.394 e. The van der Waals surface area contributed by atoms with E-state index in [4.69, 9.17) is 22.4 Å². The Hall–Kier alpha value is -0.490. The topological polar surface area (TPSA) is 46.2 Å². The summed E-state index contributed by atoms with van der Waals surface area (Å²) in [5, 5.41) is 8.70. The molecule has 0 radical (unpaired) electrons. The molecule has 0 aliphatic carbocycles. The molecule has 1 atom stereocenters. The Bertz CT molecular complexity index is 357. The highest BCUT2D eigenvalue weighted by molar-refractivity contribution is 6.30. The molecule has 3 N–H and O–H groups in total. The summed E-state index contributed by atoms with van der Waals surface area (Å²) in [5.74, 6) is 0. The Labute approximate surface area is 102 Å². The van der Waals surface area contributed by atoms with Crippen LogP contribution in [0.3, 0.4) is 0 Å². The maximum absolute atomic E-state index is 12.5. The first kappa shape index (κ1) is 15.5. The van der Waals surface area contributed by atoms with Crippen LogP contribution in [0, 0.1) is 0 Å². The Morgan fingerprint density at radius 2 is 1.94 bits per heavy atom. The van der Waals surface area contributed by atoms with E-state index in [2.05, 4.69) is 0 Å². The summed E-state index contributed by atoms with van der Waals surface area (Å²) in [6, 6.07) is 2.22. The van der Waals surface area contributed by atoms with Gasteiger partial charge in [0, 0.05) is 5.02 Å². The van der Waals surface area contributed by atoms with Crippen molar-refractivity contribution in [2.24, 2.45) is 5.73 Å². The first-order valence-corrected chi connectivity index (χ1v) is 4.47. The summed E-state index contributed by atoms with van der Waals surface area (Å²) in [4.78, 5) is 0. The van der Waals surface area contributed by atoms with Crippen molar-refractivity contribution in [2.45, 2.75) is 12.2 Å². The van der Waals surface area contributed by atoms with Crippen LogP contribution in [0.1, 0.15) is 17.2 Å². The molecule has 0 saturated heterocycles. The SMILES string of the molecule is Cl.N[C@H](CO)c1ccc(Cl)cc1C(F)(F)F. The Morgan fingerprint density at radius 3 is 2.38 bits per heavy atom. The molecule has 0 bridgehead atoms. The van der Waals surface area contributed by atoms with E-state index in [1.165, 1.54) is 12.1 Å². The van der Waals surface area contributed by atoms with Crippen LogP contribution < -0.4 is 5.73 Å². The number of aliphatic hydroxyl groups excluding tert-OH is 1. The van der Waals surface area contributed by atoms with Crippen LogP contribution in [-0.4, -0.2) is 11.7 Å². The summed E-state index contributed by atoms with van der Waals surface area (Å²) in [6.07, 6.45) is -4.52. The van der Waals surface area contributed by atoms with E-state index >= 15 is 0 Å². The molecule has 16 heavy (non-hydrogen) atoms. The van der Waals surface area contributed by atoms with Crippen molar-refractivity contribution in [3.05, 3.63) is 34.3 Å². The number of benzene rings is 1. The van der Waals surface area contributed by atoms with Crippen molar-refractivity contribution in [3.8, 4) is 0 Å². The normalized spacial score (nSPS) is 13.1. The quantitative estimate of drug-likeness (QED) is 0.872. The van der Waals surface area contributed by atoms with Crippen LogP contribution in [0.2, 0.25) is 5.02 Å². The first-order valence-electron chi connectivity index (χ1n) is 4.09. The minimum absolute atomic E-state index is 0. The van der Waals surface area contributed by atoms with Gasteiger partial charge in [0.25, 0.3) is 0 Å². The van der Waals surface area contributed by atoms with Gasteiger partial charge in [0.1, 0.15) is 0 Å². The van der Waals surface area contributed by atoms with Crippen LogP contribution in [0.25, 0.3) is 0 Å². The van der Waals surface area contributed by atoms with Crippen LogP contribution >= 0.6 is 24.0 Å². The third kappa shape index (κ3) is 3.52. The van der Waals surface area contributed by atoms with E-state index in [9.17, 15) is 13.2 Å². The van der Waals surface area contributed by atoms with Gasteiger partial charge in [0.05, 0.1) is 18.2 Å². The largest absolute Gasteiger partial charge is 0.416 e. The van der Waals surface area contributed by atoms with E-state index in [0.29, 0.717) is 0 Å². The molecular formula is C9H10Cl2F3NO. The third-order valence-corrected chi connectivity index (χ3v) is 2.15. The summed E-state index contributed by atoms with van der Waals surface area (Å²) in [6.45, 7) is -0.551. The lowest BCUT2D eigenvalue weighted by Gasteiger charge is -2.16. The summed E-state index contributed by atoms with van der Waals surface area (Å²) >= 11 is 5.47. The van der Waals surface area contributed by atoms with Gasteiger partial charge in [-0.1, -0.05) is 17.7 Å². The number of rotatable bonds is 2. The monoisotopic (exact) mass is 275 g/mol. The summed E-state index contributed by atoms with van der Waals surface area (Å²) < 4.78 is 37.6. The predicted octanol–water partition coefficient (Wildman–Crippen LogP) is 2.77. The third-order valence-electron chi connectivity index (χ3n) is 1.92. The van der Waals surface area contributed by atoms with E-state index < -0.39 is 24.4 Å². The summed E-state index contributed by atoms with van der Waals surface area (Å²) in [7, 11) is 0.